The topological polar surface area (TPSA) is 118 Å². The maximum atomic E-state index is 13.5. The summed E-state index contributed by atoms with van der Waals surface area (Å²) in [6.45, 7) is -0.603. The molecule has 1 saturated heterocycles. The fourth-order valence-corrected chi connectivity index (χ4v) is 5.16. The van der Waals surface area contributed by atoms with Crippen molar-refractivity contribution in [1.82, 2.24) is 10.0 Å². The van der Waals surface area contributed by atoms with E-state index in [9.17, 15) is 29.3 Å². The first kappa shape index (κ1) is 20.7. The number of amides is 3. The van der Waals surface area contributed by atoms with E-state index in [2.05, 4.69) is 0 Å². The van der Waals surface area contributed by atoms with Crippen molar-refractivity contribution in [2.45, 2.75) is 6.42 Å². The van der Waals surface area contributed by atoms with E-state index in [-0.39, 0.29) is 17.4 Å². The molecule has 2 fully saturated rings. The number of rotatable bonds is 6. The molecule has 4 atom stereocenters. The minimum Gasteiger partial charge on any atom is -0.292 e. The normalized spacial score (nSPS) is 24.8. The molecule has 9 nitrogen and oxygen atoms in total. The van der Waals surface area contributed by atoms with E-state index < -0.39 is 52.5 Å². The molecule has 1 aliphatic heterocycles. The molecule has 5 rings (SSSR count). The van der Waals surface area contributed by atoms with Crippen LogP contribution in [0, 0.1) is 33.8 Å². The summed E-state index contributed by atoms with van der Waals surface area (Å²) in [5.74, 6) is -3.89. The number of ketones is 1. The summed E-state index contributed by atoms with van der Waals surface area (Å²) in [6.07, 6.45) is 4.55. The molecule has 2 bridgehead atoms. The van der Waals surface area contributed by atoms with E-state index in [4.69, 9.17) is 0 Å². The number of benzene rings is 2. The minimum atomic E-state index is -0.950. The molecule has 1 saturated carbocycles. The van der Waals surface area contributed by atoms with Crippen molar-refractivity contribution >= 4 is 29.2 Å². The van der Waals surface area contributed by atoms with Crippen LogP contribution in [0.15, 0.2) is 66.7 Å². The summed E-state index contributed by atoms with van der Waals surface area (Å²) >= 11 is 0. The van der Waals surface area contributed by atoms with Crippen molar-refractivity contribution in [3.63, 3.8) is 0 Å². The number of hydrogen-bond donors (Lipinski definition) is 0. The van der Waals surface area contributed by atoms with E-state index in [0.29, 0.717) is 12.0 Å². The molecule has 2 aromatic carbocycles. The average Bonchev–Trinajstić information content (AvgIpc) is 3.51. The van der Waals surface area contributed by atoms with E-state index in [1.807, 2.05) is 12.2 Å². The Bertz CT molecular complexity index is 1190. The van der Waals surface area contributed by atoms with Crippen LogP contribution in [0.2, 0.25) is 0 Å². The fourth-order valence-electron chi connectivity index (χ4n) is 5.16. The number of hydrazine groups is 1. The molecule has 3 amide bonds. The highest BCUT2D eigenvalue weighted by Gasteiger charge is 2.61. The zero-order valence-electron chi connectivity index (χ0n) is 17.4. The Kier molecular flexibility index (Phi) is 4.88. The van der Waals surface area contributed by atoms with Gasteiger partial charge in [-0.15, -0.1) is 0 Å². The van der Waals surface area contributed by atoms with Crippen molar-refractivity contribution in [3.8, 4) is 0 Å². The molecule has 0 N–H and O–H groups in total. The Morgan fingerprint density at radius 3 is 2.12 bits per heavy atom. The first-order valence-electron chi connectivity index (χ1n) is 10.6. The van der Waals surface area contributed by atoms with Crippen molar-refractivity contribution < 1.29 is 24.1 Å². The van der Waals surface area contributed by atoms with Gasteiger partial charge in [0.1, 0.15) is 12.1 Å². The third-order valence-corrected chi connectivity index (χ3v) is 6.64. The largest absolute Gasteiger partial charge is 0.292 e. The molecule has 0 radical (unpaired) electrons. The van der Waals surface area contributed by atoms with Crippen LogP contribution in [0.4, 0.5) is 5.69 Å². The number of hydrogen-bond acceptors (Lipinski definition) is 6. The van der Waals surface area contributed by atoms with Gasteiger partial charge in [-0.05, 0) is 24.3 Å². The summed E-state index contributed by atoms with van der Waals surface area (Å²) in [5, 5.41) is 13.0. The van der Waals surface area contributed by atoms with Gasteiger partial charge in [0.2, 0.25) is 0 Å². The van der Waals surface area contributed by atoms with E-state index in [1.54, 1.807) is 30.3 Å². The number of carbonyl (C=O) groups excluding carboxylic acids is 4. The molecular formula is C24H19N3O6. The first-order chi connectivity index (χ1) is 15.9. The minimum absolute atomic E-state index is 0.0886. The first-order valence-corrected chi connectivity index (χ1v) is 10.6. The SMILES string of the molecule is O=C(CN(C(=O)c1ccccc1[N+](=O)[O-])N1C(=O)[C@H]2[C@H](C1=O)[C@H]1C=C[C@H]2C1)c1ccccc1. The molecule has 3 aliphatic rings. The third kappa shape index (κ3) is 3.24. The van der Waals surface area contributed by atoms with E-state index in [1.165, 1.54) is 18.2 Å². The average molecular weight is 445 g/mol. The number of nitrogens with zero attached hydrogens (tertiary/aromatic N) is 3. The highest BCUT2D eigenvalue weighted by atomic mass is 16.6. The molecule has 0 unspecified atom stereocenters. The van der Waals surface area contributed by atoms with Crippen molar-refractivity contribution in [2.75, 3.05) is 6.54 Å². The Morgan fingerprint density at radius 1 is 0.939 bits per heavy atom. The quantitative estimate of drug-likeness (QED) is 0.222. The van der Waals surface area contributed by atoms with E-state index in [0.717, 1.165) is 16.1 Å². The number of Topliss-reactive ketones (excluding diaryl/α,β-unsaturated/α-hetero) is 1. The summed E-state index contributed by atoms with van der Waals surface area (Å²) in [6, 6.07) is 13.4. The summed E-state index contributed by atoms with van der Waals surface area (Å²) in [5.41, 5.74) is -0.485. The van der Waals surface area contributed by atoms with Crippen LogP contribution >= 0.6 is 0 Å². The second-order valence-corrected chi connectivity index (χ2v) is 8.41. The Hall–Kier alpha value is -4.14. The van der Waals surface area contributed by atoms with Crippen molar-refractivity contribution in [2.24, 2.45) is 23.7 Å². The highest BCUT2D eigenvalue weighted by molar-refractivity contribution is 6.11. The van der Waals surface area contributed by atoms with E-state index >= 15 is 0 Å². The second kappa shape index (κ2) is 7.77. The van der Waals surface area contributed by atoms with Crippen molar-refractivity contribution in [3.05, 3.63) is 88.0 Å². The van der Waals surface area contributed by atoms with Gasteiger partial charge in [0.05, 0.1) is 16.8 Å². The molecule has 0 spiro atoms. The lowest BCUT2D eigenvalue weighted by Crippen LogP contribution is -2.52. The van der Waals surface area contributed by atoms with Crippen LogP contribution in [0.3, 0.4) is 0 Å². The Morgan fingerprint density at radius 2 is 1.52 bits per heavy atom. The van der Waals surface area contributed by atoms with Gasteiger partial charge in [-0.1, -0.05) is 54.6 Å². The molecule has 2 aliphatic carbocycles. The second-order valence-electron chi connectivity index (χ2n) is 8.41. The number of nitro groups is 1. The predicted octanol–water partition coefficient (Wildman–Crippen LogP) is 2.64. The van der Waals surface area contributed by atoms with Gasteiger partial charge in [-0.25, -0.2) is 5.01 Å². The lowest BCUT2D eigenvalue weighted by molar-refractivity contribution is -0.385. The standard InChI is InChI=1S/C24H19N3O6/c28-19(14-6-2-1-3-7-14)13-25(22(29)17-8-4-5-9-18(17)27(32)33)26-23(30)20-15-10-11-16(12-15)21(20)24(26)31/h1-11,15-16,20-21H,12-13H2/t15-,16-,20+,21+/m0/s1. The van der Waals surface area contributed by atoms with Crippen LogP contribution in [-0.4, -0.2) is 45.0 Å². The zero-order chi connectivity index (χ0) is 23.3. The lowest BCUT2D eigenvalue weighted by atomic mass is 9.85. The number of carbonyl (C=O) groups is 4. The smallest absolute Gasteiger partial charge is 0.282 e. The van der Waals surface area contributed by atoms with Gasteiger partial charge >= 0.3 is 0 Å². The number of allylic oxidation sites excluding steroid dienone is 2. The summed E-state index contributed by atoms with van der Waals surface area (Å²) in [7, 11) is 0. The Labute approximate surface area is 188 Å². The van der Waals surface area contributed by atoms with Crippen LogP contribution in [-0.2, 0) is 9.59 Å². The zero-order valence-corrected chi connectivity index (χ0v) is 17.4. The number of fused-ring (bicyclic) bond motifs is 5. The molecule has 166 valence electrons. The van der Waals surface area contributed by atoms with Crippen LogP contribution in [0.25, 0.3) is 0 Å². The fraction of sp³-hybridized carbons (Fsp3) is 0.250. The number of imide groups is 1. The number of para-hydroxylation sites is 1. The molecule has 9 heteroatoms. The third-order valence-electron chi connectivity index (χ3n) is 6.64. The van der Waals surface area contributed by atoms with Gasteiger partial charge in [0.15, 0.2) is 5.78 Å². The summed E-state index contributed by atoms with van der Waals surface area (Å²) < 4.78 is 0. The molecule has 0 aromatic heterocycles. The van der Waals surface area contributed by atoms with Gasteiger partial charge in [-0.3, -0.25) is 29.3 Å². The van der Waals surface area contributed by atoms with Crippen LogP contribution in [0.5, 0.6) is 0 Å². The molecule has 1 heterocycles. The molecular weight excluding hydrogens is 426 g/mol. The molecule has 2 aromatic rings. The highest BCUT2D eigenvalue weighted by Crippen LogP contribution is 2.52. The number of nitro benzene ring substituents is 1. The van der Waals surface area contributed by atoms with Crippen LogP contribution in [0.1, 0.15) is 27.1 Å². The summed E-state index contributed by atoms with van der Waals surface area (Å²) in [4.78, 5) is 64.0. The van der Waals surface area contributed by atoms with Gasteiger partial charge in [0, 0.05) is 11.6 Å². The maximum Gasteiger partial charge on any atom is 0.282 e. The van der Waals surface area contributed by atoms with Crippen LogP contribution < -0.4 is 0 Å². The van der Waals surface area contributed by atoms with Gasteiger partial charge in [0.25, 0.3) is 23.4 Å². The lowest BCUT2D eigenvalue weighted by Gasteiger charge is -2.30. The van der Waals surface area contributed by atoms with Gasteiger partial charge < -0.3 is 0 Å². The Balaban J connectivity index is 1.54. The predicted molar refractivity (Wildman–Crippen MR) is 114 cm³/mol. The monoisotopic (exact) mass is 445 g/mol. The maximum absolute atomic E-state index is 13.5. The molecule has 33 heavy (non-hydrogen) atoms. The van der Waals surface area contributed by atoms with Gasteiger partial charge in [-0.2, -0.15) is 5.01 Å². The van der Waals surface area contributed by atoms with Crippen molar-refractivity contribution in [1.29, 1.82) is 0 Å².